The van der Waals surface area contributed by atoms with Crippen LogP contribution in [0.5, 0.6) is 0 Å². The van der Waals surface area contributed by atoms with E-state index in [1.807, 2.05) is 30.3 Å². The second-order valence-electron chi connectivity index (χ2n) is 7.13. The minimum Gasteiger partial charge on any atom is -0.372 e. The number of anilines is 4. The standard InChI is InChI=1S/C23H22N6O/c24-14-17-6-2-3-7-21(17)28-23-25-15-18(16-26-23)22(30)27-19-8-10-20(11-9-19)29-12-4-1-5-13-29/h2-3,6-11,15-16H,1,4-5,12-13H2,(H,27,30)(H,25,26,28). The summed E-state index contributed by atoms with van der Waals surface area (Å²) in [6.07, 6.45) is 6.67. The maximum atomic E-state index is 12.5. The number of nitrogens with zero attached hydrogens (tertiary/aromatic N) is 4. The number of carbonyl (C=O) groups excluding carboxylic acids is 1. The SMILES string of the molecule is N#Cc1ccccc1Nc1ncc(C(=O)Nc2ccc(N3CCCCC3)cc2)cn1. The summed E-state index contributed by atoms with van der Waals surface area (Å²) in [6, 6.07) is 17.1. The fourth-order valence-corrected chi connectivity index (χ4v) is 3.43. The van der Waals surface area contributed by atoms with Crippen molar-refractivity contribution in [2.45, 2.75) is 19.3 Å². The van der Waals surface area contributed by atoms with Crippen LogP contribution in [0.1, 0.15) is 35.2 Å². The van der Waals surface area contributed by atoms with Gasteiger partial charge in [0.15, 0.2) is 0 Å². The molecule has 2 heterocycles. The molecule has 7 heteroatoms. The molecule has 0 saturated carbocycles. The van der Waals surface area contributed by atoms with Crippen LogP contribution in [-0.2, 0) is 0 Å². The molecule has 2 N–H and O–H groups in total. The van der Waals surface area contributed by atoms with Crippen LogP contribution in [-0.4, -0.2) is 29.0 Å². The summed E-state index contributed by atoms with van der Waals surface area (Å²) in [7, 11) is 0. The Morgan fingerprint density at radius 2 is 1.67 bits per heavy atom. The Labute approximate surface area is 175 Å². The number of para-hydroxylation sites is 1. The average molecular weight is 398 g/mol. The molecule has 0 aliphatic carbocycles. The molecule has 7 nitrogen and oxygen atoms in total. The van der Waals surface area contributed by atoms with E-state index < -0.39 is 0 Å². The summed E-state index contributed by atoms with van der Waals surface area (Å²) in [5.74, 6) is 0.0461. The highest BCUT2D eigenvalue weighted by Crippen LogP contribution is 2.22. The van der Waals surface area contributed by atoms with Gasteiger partial charge in [-0.05, 0) is 55.7 Å². The van der Waals surface area contributed by atoms with Gasteiger partial charge in [-0.2, -0.15) is 5.26 Å². The average Bonchev–Trinajstić information content (AvgIpc) is 2.81. The molecule has 1 saturated heterocycles. The van der Waals surface area contributed by atoms with Crippen molar-refractivity contribution in [1.29, 1.82) is 5.26 Å². The minimum atomic E-state index is -0.273. The number of carbonyl (C=O) groups is 1. The number of nitrogens with one attached hydrogen (secondary N) is 2. The van der Waals surface area contributed by atoms with Crippen molar-refractivity contribution in [1.82, 2.24) is 9.97 Å². The Hall–Kier alpha value is -3.92. The Morgan fingerprint density at radius 3 is 2.37 bits per heavy atom. The van der Waals surface area contributed by atoms with Gasteiger partial charge in [-0.25, -0.2) is 9.97 Å². The van der Waals surface area contributed by atoms with E-state index in [4.69, 9.17) is 5.26 Å². The Morgan fingerprint density at radius 1 is 0.967 bits per heavy atom. The first-order chi connectivity index (χ1) is 14.7. The summed E-state index contributed by atoms with van der Waals surface area (Å²) in [5, 5.41) is 15.0. The quantitative estimate of drug-likeness (QED) is 0.664. The third kappa shape index (κ3) is 4.55. The van der Waals surface area contributed by atoms with Crippen LogP contribution in [0.25, 0.3) is 0 Å². The lowest BCUT2D eigenvalue weighted by atomic mass is 10.1. The number of hydrogen-bond donors (Lipinski definition) is 2. The van der Waals surface area contributed by atoms with Crippen LogP contribution < -0.4 is 15.5 Å². The second kappa shape index (κ2) is 9.05. The molecule has 3 aromatic rings. The lowest BCUT2D eigenvalue weighted by molar-refractivity contribution is 0.102. The molecule has 30 heavy (non-hydrogen) atoms. The van der Waals surface area contributed by atoms with Gasteiger partial charge in [0.1, 0.15) is 6.07 Å². The van der Waals surface area contributed by atoms with Gasteiger partial charge >= 0.3 is 0 Å². The van der Waals surface area contributed by atoms with Crippen LogP contribution in [0.4, 0.5) is 23.0 Å². The Balaban J connectivity index is 1.38. The molecule has 0 radical (unpaired) electrons. The third-order valence-electron chi connectivity index (χ3n) is 5.05. The summed E-state index contributed by atoms with van der Waals surface area (Å²) in [4.78, 5) is 23.3. The first-order valence-electron chi connectivity index (χ1n) is 9.97. The molecule has 0 unspecified atom stereocenters. The molecule has 150 valence electrons. The maximum absolute atomic E-state index is 12.5. The van der Waals surface area contributed by atoms with Gasteiger partial charge in [0.25, 0.3) is 5.91 Å². The first-order valence-corrected chi connectivity index (χ1v) is 9.97. The van der Waals surface area contributed by atoms with Gasteiger partial charge in [0.2, 0.25) is 5.95 Å². The fourth-order valence-electron chi connectivity index (χ4n) is 3.43. The zero-order valence-corrected chi connectivity index (χ0v) is 16.5. The van der Waals surface area contributed by atoms with Gasteiger partial charge in [0, 0.05) is 36.9 Å². The fraction of sp³-hybridized carbons (Fsp3) is 0.217. The van der Waals surface area contributed by atoms with Gasteiger partial charge in [0.05, 0.1) is 16.8 Å². The number of rotatable bonds is 5. The number of piperidine rings is 1. The lowest BCUT2D eigenvalue weighted by Gasteiger charge is -2.28. The van der Waals surface area contributed by atoms with Gasteiger partial charge in [-0.15, -0.1) is 0 Å². The summed E-state index contributed by atoms with van der Waals surface area (Å²) in [6.45, 7) is 2.17. The number of nitriles is 1. The van der Waals surface area contributed by atoms with Crippen LogP contribution in [0.15, 0.2) is 60.9 Å². The molecule has 1 aromatic heterocycles. The minimum absolute atomic E-state index is 0.273. The smallest absolute Gasteiger partial charge is 0.258 e. The molecule has 0 bridgehead atoms. The molecule has 0 atom stereocenters. The molecular formula is C23H22N6O. The lowest BCUT2D eigenvalue weighted by Crippen LogP contribution is -2.29. The van der Waals surface area contributed by atoms with Crippen LogP contribution in [0, 0.1) is 11.3 Å². The van der Waals surface area contributed by atoms with Crippen molar-refractivity contribution in [3.8, 4) is 6.07 Å². The largest absolute Gasteiger partial charge is 0.372 e. The van der Waals surface area contributed by atoms with E-state index in [0.29, 0.717) is 22.8 Å². The van der Waals surface area contributed by atoms with Gasteiger partial charge < -0.3 is 15.5 Å². The summed E-state index contributed by atoms with van der Waals surface area (Å²) >= 11 is 0. The van der Waals surface area contributed by atoms with E-state index in [1.165, 1.54) is 37.3 Å². The number of aromatic nitrogens is 2. The number of benzene rings is 2. The molecule has 4 rings (SSSR count). The third-order valence-corrected chi connectivity index (χ3v) is 5.05. The van der Waals surface area contributed by atoms with E-state index in [0.717, 1.165) is 18.8 Å². The van der Waals surface area contributed by atoms with Gasteiger partial charge in [-0.1, -0.05) is 12.1 Å². The van der Waals surface area contributed by atoms with Crippen molar-refractivity contribution < 1.29 is 4.79 Å². The highest BCUT2D eigenvalue weighted by molar-refractivity contribution is 6.04. The summed E-state index contributed by atoms with van der Waals surface area (Å²) in [5.41, 5.74) is 3.38. The monoisotopic (exact) mass is 398 g/mol. The van der Waals surface area contributed by atoms with Crippen LogP contribution >= 0.6 is 0 Å². The molecule has 0 spiro atoms. The van der Waals surface area contributed by atoms with Crippen molar-refractivity contribution in [3.05, 3.63) is 72.1 Å². The van der Waals surface area contributed by atoms with Crippen molar-refractivity contribution in [2.24, 2.45) is 0 Å². The zero-order chi connectivity index (χ0) is 20.8. The summed E-state index contributed by atoms with van der Waals surface area (Å²) < 4.78 is 0. The molecule has 1 amide bonds. The molecule has 2 aromatic carbocycles. The van der Waals surface area contributed by atoms with Crippen molar-refractivity contribution >= 4 is 28.9 Å². The van der Waals surface area contributed by atoms with Crippen LogP contribution in [0.3, 0.4) is 0 Å². The van der Waals surface area contributed by atoms with E-state index >= 15 is 0 Å². The van der Waals surface area contributed by atoms with E-state index in [2.05, 4.69) is 31.6 Å². The Bertz CT molecular complexity index is 1050. The second-order valence-corrected chi connectivity index (χ2v) is 7.13. The maximum Gasteiger partial charge on any atom is 0.258 e. The van der Waals surface area contributed by atoms with E-state index in [9.17, 15) is 4.79 Å². The van der Waals surface area contributed by atoms with Crippen LogP contribution in [0.2, 0.25) is 0 Å². The molecule has 1 fully saturated rings. The first kappa shape index (κ1) is 19.4. The predicted molar refractivity (Wildman–Crippen MR) is 117 cm³/mol. The van der Waals surface area contributed by atoms with E-state index in [1.54, 1.807) is 18.2 Å². The highest BCUT2D eigenvalue weighted by atomic mass is 16.1. The normalized spacial score (nSPS) is 13.4. The van der Waals surface area contributed by atoms with E-state index in [-0.39, 0.29) is 5.91 Å². The molecular weight excluding hydrogens is 376 g/mol. The highest BCUT2D eigenvalue weighted by Gasteiger charge is 2.12. The zero-order valence-electron chi connectivity index (χ0n) is 16.5. The Kier molecular flexibility index (Phi) is 5.85. The van der Waals surface area contributed by atoms with Gasteiger partial charge in [-0.3, -0.25) is 4.79 Å². The topological polar surface area (TPSA) is 93.9 Å². The molecule has 1 aliphatic rings. The van der Waals surface area contributed by atoms with Crippen molar-refractivity contribution in [3.63, 3.8) is 0 Å². The van der Waals surface area contributed by atoms with Crippen molar-refractivity contribution in [2.75, 3.05) is 28.6 Å². The number of amides is 1. The molecule has 1 aliphatic heterocycles. The number of hydrogen-bond acceptors (Lipinski definition) is 6. The predicted octanol–water partition coefficient (Wildman–Crippen LogP) is 4.33.